The van der Waals surface area contributed by atoms with Crippen LogP contribution in [0.4, 0.5) is 11.4 Å². The molecule has 0 radical (unpaired) electrons. The highest BCUT2D eigenvalue weighted by Crippen LogP contribution is 2.30. The average Bonchev–Trinajstić information content (AvgIpc) is 2.89. The first-order valence-electron chi connectivity index (χ1n) is 14.0. The first kappa shape index (κ1) is 29.6. The third-order valence-electron chi connectivity index (χ3n) is 8.18. The number of isocyanates is 2. The molecular weight excluding hydrogens is 504 g/mol. The molecule has 4 nitrogen and oxygen atoms in total. The summed E-state index contributed by atoms with van der Waals surface area (Å²) in [4.78, 5) is 29.4. The summed E-state index contributed by atoms with van der Waals surface area (Å²) in [5, 5.41) is 0. The van der Waals surface area contributed by atoms with Crippen LogP contribution >= 0.6 is 0 Å². The van der Waals surface area contributed by atoms with E-state index in [0.29, 0.717) is 11.4 Å². The predicted octanol–water partition coefficient (Wildman–Crippen LogP) is 8.86. The maximum Gasteiger partial charge on any atom is 0.240 e. The van der Waals surface area contributed by atoms with Gasteiger partial charge in [-0.05, 0) is 153 Å². The Morgan fingerprint density at radius 2 is 0.707 bits per heavy atom. The van der Waals surface area contributed by atoms with E-state index in [1.807, 2.05) is 27.7 Å². The van der Waals surface area contributed by atoms with E-state index in [-0.39, 0.29) is 0 Å². The van der Waals surface area contributed by atoms with Crippen LogP contribution in [0.1, 0.15) is 77.9 Å². The second-order valence-electron chi connectivity index (χ2n) is 11.5. The maximum atomic E-state index is 10.8. The number of hydrogen-bond acceptors (Lipinski definition) is 4. The van der Waals surface area contributed by atoms with Gasteiger partial charge in [0.05, 0.1) is 11.4 Å². The second kappa shape index (κ2) is 12.4. The highest BCUT2D eigenvalue weighted by molar-refractivity contribution is 5.61. The summed E-state index contributed by atoms with van der Waals surface area (Å²) in [6.07, 6.45) is 5.87. The van der Waals surface area contributed by atoms with Crippen LogP contribution in [0.3, 0.4) is 0 Å². The third kappa shape index (κ3) is 6.69. The zero-order valence-corrected chi connectivity index (χ0v) is 25.5. The van der Waals surface area contributed by atoms with Crippen LogP contribution in [0.2, 0.25) is 0 Å². The van der Waals surface area contributed by atoms with Gasteiger partial charge in [-0.2, -0.15) is 9.98 Å². The fourth-order valence-corrected chi connectivity index (χ4v) is 6.04. The minimum atomic E-state index is 0.714. The molecule has 0 heterocycles. The van der Waals surface area contributed by atoms with Crippen molar-refractivity contribution in [3.63, 3.8) is 0 Å². The van der Waals surface area contributed by atoms with Crippen molar-refractivity contribution in [3.05, 3.63) is 126 Å². The summed E-state index contributed by atoms with van der Waals surface area (Å²) >= 11 is 0. The van der Waals surface area contributed by atoms with Crippen molar-refractivity contribution in [1.82, 2.24) is 0 Å². The van der Waals surface area contributed by atoms with E-state index in [2.05, 4.69) is 86.2 Å². The predicted molar refractivity (Wildman–Crippen MR) is 168 cm³/mol. The molecule has 4 rings (SSSR count). The molecule has 0 aliphatic heterocycles. The zero-order valence-electron chi connectivity index (χ0n) is 25.5. The molecule has 0 N–H and O–H groups in total. The Kier molecular flexibility index (Phi) is 8.98. The second-order valence-corrected chi connectivity index (χ2v) is 11.5. The first-order valence-corrected chi connectivity index (χ1v) is 14.0. The van der Waals surface area contributed by atoms with E-state index in [4.69, 9.17) is 0 Å². The Bertz CT molecular complexity index is 1570. The standard InChI is InChI=1S/C37H38N2O2/c1-22-9-24(3)34(17-32(22)15-30-11-26(5)36(38-20-40)27(6)12-30)19-35-18-33(23(2)10-25(35)4)16-31-13-28(7)37(39-21-41)29(8)14-31/h9-14,17-18H,15-16,19H2,1-8H3. The van der Waals surface area contributed by atoms with Gasteiger partial charge in [-0.3, -0.25) is 0 Å². The Labute approximate surface area is 243 Å². The SMILES string of the molecule is Cc1cc(C)c(Cc2cc(Cc3cc(C)c(N=C=O)c(C)c3)c(C)cc2C)cc1Cc1cc(C)c(N=C=O)c(C)c1. The summed E-state index contributed by atoms with van der Waals surface area (Å²) in [7, 11) is 0. The van der Waals surface area contributed by atoms with Crippen LogP contribution in [-0.2, 0) is 28.9 Å². The van der Waals surface area contributed by atoms with Gasteiger partial charge in [-0.1, -0.05) is 48.5 Å². The average molecular weight is 543 g/mol. The Hall–Kier alpha value is -4.36. The molecule has 0 atom stereocenters. The van der Waals surface area contributed by atoms with Crippen LogP contribution in [0.5, 0.6) is 0 Å². The molecule has 0 aliphatic rings. The van der Waals surface area contributed by atoms with Gasteiger partial charge in [0.2, 0.25) is 12.2 Å². The number of benzene rings is 4. The Morgan fingerprint density at radius 1 is 0.415 bits per heavy atom. The van der Waals surface area contributed by atoms with Crippen molar-refractivity contribution in [2.75, 3.05) is 0 Å². The lowest BCUT2D eigenvalue weighted by molar-refractivity contribution is 0.564. The summed E-state index contributed by atoms with van der Waals surface area (Å²) in [5.41, 5.74) is 18.3. The number of carbonyl (C=O) groups excluding carboxylic acids is 2. The van der Waals surface area contributed by atoms with Crippen molar-refractivity contribution in [2.24, 2.45) is 9.98 Å². The number of aryl methyl sites for hydroxylation is 8. The fraction of sp³-hybridized carbons (Fsp3) is 0.297. The van der Waals surface area contributed by atoms with Crippen LogP contribution in [0, 0.1) is 55.4 Å². The van der Waals surface area contributed by atoms with Crippen molar-refractivity contribution >= 4 is 23.5 Å². The van der Waals surface area contributed by atoms with E-state index < -0.39 is 0 Å². The normalized spacial score (nSPS) is 10.7. The zero-order chi connectivity index (χ0) is 29.8. The van der Waals surface area contributed by atoms with Gasteiger partial charge in [0.15, 0.2) is 0 Å². The van der Waals surface area contributed by atoms with Gasteiger partial charge in [0.1, 0.15) is 0 Å². The molecule has 0 fully saturated rings. The van der Waals surface area contributed by atoms with Gasteiger partial charge in [0, 0.05) is 0 Å². The quantitative estimate of drug-likeness (QED) is 0.165. The summed E-state index contributed by atoms with van der Waals surface area (Å²) in [5.74, 6) is 0. The fourth-order valence-electron chi connectivity index (χ4n) is 6.04. The monoisotopic (exact) mass is 542 g/mol. The first-order chi connectivity index (χ1) is 19.5. The van der Waals surface area contributed by atoms with Crippen molar-refractivity contribution in [1.29, 1.82) is 0 Å². The molecule has 0 saturated heterocycles. The highest BCUT2D eigenvalue weighted by Gasteiger charge is 2.13. The molecule has 4 heteroatoms. The number of hydrogen-bond donors (Lipinski definition) is 0. The summed E-state index contributed by atoms with van der Waals surface area (Å²) in [6, 6.07) is 17.8. The van der Waals surface area contributed by atoms with E-state index in [9.17, 15) is 9.59 Å². The van der Waals surface area contributed by atoms with Crippen LogP contribution in [-0.4, -0.2) is 12.2 Å². The van der Waals surface area contributed by atoms with E-state index in [1.54, 1.807) is 12.2 Å². The topological polar surface area (TPSA) is 58.9 Å². The van der Waals surface area contributed by atoms with Crippen LogP contribution in [0.15, 0.2) is 58.5 Å². The van der Waals surface area contributed by atoms with Crippen LogP contribution in [0.25, 0.3) is 0 Å². The molecule has 0 unspecified atom stereocenters. The number of aliphatic imine (C=N–C) groups is 2. The maximum absolute atomic E-state index is 10.8. The molecule has 208 valence electrons. The molecule has 0 spiro atoms. The van der Waals surface area contributed by atoms with Gasteiger partial charge >= 0.3 is 0 Å². The molecule has 4 aromatic rings. The molecule has 0 bridgehead atoms. The van der Waals surface area contributed by atoms with E-state index in [0.717, 1.165) is 41.5 Å². The van der Waals surface area contributed by atoms with Crippen LogP contribution < -0.4 is 0 Å². The Balaban J connectivity index is 1.65. The molecule has 0 aromatic heterocycles. The minimum absolute atomic E-state index is 0.714. The van der Waals surface area contributed by atoms with E-state index in [1.165, 1.54) is 55.6 Å². The lowest BCUT2D eigenvalue weighted by Gasteiger charge is -2.17. The molecular formula is C37H38N2O2. The van der Waals surface area contributed by atoms with Crippen molar-refractivity contribution < 1.29 is 9.59 Å². The summed E-state index contributed by atoms with van der Waals surface area (Å²) < 4.78 is 0. The van der Waals surface area contributed by atoms with Gasteiger partial charge in [-0.25, -0.2) is 9.59 Å². The molecule has 41 heavy (non-hydrogen) atoms. The third-order valence-corrected chi connectivity index (χ3v) is 8.18. The van der Waals surface area contributed by atoms with E-state index >= 15 is 0 Å². The molecule has 0 aliphatic carbocycles. The summed E-state index contributed by atoms with van der Waals surface area (Å²) in [6.45, 7) is 16.7. The lowest BCUT2D eigenvalue weighted by atomic mass is 9.88. The largest absolute Gasteiger partial charge is 0.240 e. The van der Waals surface area contributed by atoms with Gasteiger partial charge < -0.3 is 0 Å². The van der Waals surface area contributed by atoms with Gasteiger partial charge in [-0.15, -0.1) is 0 Å². The smallest absolute Gasteiger partial charge is 0.211 e. The van der Waals surface area contributed by atoms with Crippen molar-refractivity contribution in [2.45, 2.75) is 74.7 Å². The highest BCUT2D eigenvalue weighted by atomic mass is 16.1. The Morgan fingerprint density at radius 3 is 1.00 bits per heavy atom. The number of nitrogens with zero attached hydrogens (tertiary/aromatic N) is 2. The minimum Gasteiger partial charge on any atom is -0.211 e. The van der Waals surface area contributed by atoms with Gasteiger partial charge in [0.25, 0.3) is 0 Å². The van der Waals surface area contributed by atoms with Crippen molar-refractivity contribution in [3.8, 4) is 0 Å². The lowest BCUT2D eigenvalue weighted by Crippen LogP contribution is -2.02. The number of rotatable bonds is 8. The molecule has 4 aromatic carbocycles. The molecule has 0 amide bonds. The molecule has 0 saturated carbocycles.